The summed E-state index contributed by atoms with van der Waals surface area (Å²) in [6.07, 6.45) is -2.26. The van der Waals surface area contributed by atoms with Crippen LogP contribution in [0.4, 0.5) is 18.0 Å². The fraction of sp³-hybridized carbons (Fsp3) is 0.421. The van der Waals surface area contributed by atoms with Crippen molar-refractivity contribution in [2.75, 3.05) is 6.54 Å². The van der Waals surface area contributed by atoms with E-state index < -0.39 is 17.9 Å². The standard InChI is InChI=1S/C19H22F3N5O/c1-12(23)14-6-4-13(5-7-14)11-25-18(28)27-10-2-3-15(27)17-24-9-8-16(26-17)19(20,21)22/h4-9,12,15H,2-3,10-11,23H2,1H3,(H,25,28)/t12-,15?/m1/s1. The molecule has 3 rings (SSSR count). The number of nitrogens with one attached hydrogen (secondary N) is 1. The summed E-state index contributed by atoms with van der Waals surface area (Å²) in [7, 11) is 0. The molecule has 0 bridgehead atoms. The van der Waals surface area contributed by atoms with E-state index in [1.165, 1.54) is 4.90 Å². The quantitative estimate of drug-likeness (QED) is 0.832. The number of nitrogens with two attached hydrogens (primary N) is 1. The van der Waals surface area contributed by atoms with Crippen molar-refractivity contribution in [3.8, 4) is 0 Å². The number of hydrogen-bond donors (Lipinski definition) is 2. The fourth-order valence-electron chi connectivity index (χ4n) is 3.19. The van der Waals surface area contributed by atoms with Crippen molar-refractivity contribution >= 4 is 6.03 Å². The Hall–Kier alpha value is -2.68. The summed E-state index contributed by atoms with van der Waals surface area (Å²) < 4.78 is 38.7. The average Bonchev–Trinajstić information content (AvgIpc) is 3.16. The van der Waals surface area contributed by atoms with Gasteiger partial charge in [0.2, 0.25) is 0 Å². The summed E-state index contributed by atoms with van der Waals surface area (Å²) >= 11 is 0. The summed E-state index contributed by atoms with van der Waals surface area (Å²) in [4.78, 5) is 21.7. The van der Waals surface area contributed by atoms with E-state index in [1.54, 1.807) is 0 Å². The highest BCUT2D eigenvalue weighted by Crippen LogP contribution is 2.32. The topological polar surface area (TPSA) is 84.1 Å². The maximum Gasteiger partial charge on any atom is 0.433 e. The van der Waals surface area contributed by atoms with Crippen molar-refractivity contribution in [3.05, 3.63) is 59.2 Å². The first-order chi connectivity index (χ1) is 13.3. The maximum atomic E-state index is 12.9. The average molecular weight is 393 g/mol. The Bertz CT molecular complexity index is 823. The predicted molar refractivity (Wildman–Crippen MR) is 97.0 cm³/mol. The molecule has 2 aromatic rings. The normalized spacial score (nSPS) is 18.2. The monoisotopic (exact) mass is 393 g/mol. The first-order valence-corrected chi connectivity index (χ1v) is 9.04. The molecule has 0 spiro atoms. The zero-order valence-electron chi connectivity index (χ0n) is 15.4. The van der Waals surface area contributed by atoms with Gasteiger partial charge in [0, 0.05) is 25.3 Å². The number of likely N-dealkylation sites (tertiary alicyclic amines) is 1. The van der Waals surface area contributed by atoms with Crippen molar-refractivity contribution in [1.29, 1.82) is 0 Å². The Labute approximate surface area is 161 Å². The van der Waals surface area contributed by atoms with Crippen LogP contribution < -0.4 is 11.1 Å². The van der Waals surface area contributed by atoms with Gasteiger partial charge in [-0.1, -0.05) is 24.3 Å². The smallest absolute Gasteiger partial charge is 0.334 e. The Balaban J connectivity index is 1.66. The van der Waals surface area contributed by atoms with E-state index in [9.17, 15) is 18.0 Å². The number of halogens is 3. The number of benzene rings is 1. The number of nitrogens with zero attached hydrogens (tertiary/aromatic N) is 3. The molecule has 1 aliphatic rings. The van der Waals surface area contributed by atoms with Crippen LogP contribution in [-0.4, -0.2) is 27.4 Å². The fourth-order valence-corrected chi connectivity index (χ4v) is 3.19. The van der Waals surface area contributed by atoms with Crippen LogP contribution in [0.5, 0.6) is 0 Å². The Morgan fingerprint density at radius 3 is 2.68 bits per heavy atom. The third-order valence-electron chi connectivity index (χ3n) is 4.73. The summed E-state index contributed by atoms with van der Waals surface area (Å²) in [6.45, 7) is 2.64. The van der Waals surface area contributed by atoms with Crippen LogP contribution in [0.25, 0.3) is 0 Å². The second kappa shape index (κ2) is 8.14. The number of carbonyl (C=O) groups is 1. The van der Waals surface area contributed by atoms with Gasteiger partial charge in [0.05, 0.1) is 6.04 Å². The molecule has 0 radical (unpaired) electrons. The second-order valence-electron chi connectivity index (χ2n) is 6.84. The molecular formula is C19H22F3N5O. The van der Waals surface area contributed by atoms with Crippen LogP contribution in [0.15, 0.2) is 36.5 Å². The minimum Gasteiger partial charge on any atom is -0.334 e. The van der Waals surface area contributed by atoms with Crippen LogP contribution in [-0.2, 0) is 12.7 Å². The molecule has 1 aromatic carbocycles. The molecule has 2 amide bonds. The lowest BCUT2D eigenvalue weighted by atomic mass is 10.1. The molecule has 6 nitrogen and oxygen atoms in total. The van der Waals surface area contributed by atoms with Gasteiger partial charge in [-0.05, 0) is 37.0 Å². The zero-order valence-corrected chi connectivity index (χ0v) is 15.4. The molecule has 1 fully saturated rings. The Morgan fingerprint density at radius 1 is 1.32 bits per heavy atom. The molecule has 3 N–H and O–H groups in total. The van der Waals surface area contributed by atoms with Gasteiger partial charge in [-0.15, -0.1) is 0 Å². The summed E-state index contributed by atoms with van der Waals surface area (Å²) in [5, 5.41) is 2.81. The van der Waals surface area contributed by atoms with Crippen molar-refractivity contribution in [3.63, 3.8) is 0 Å². The molecule has 1 aromatic heterocycles. The minimum atomic E-state index is -4.55. The molecule has 150 valence electrons. The molecule has 0 aliphatic carbocycles. The molecule has 2 atom stereocenters. The minimum absolute atomic E-state index is 0.0174. The third-order valence-corrected chi connectivity index (χ3v) is 4.73. The van der Waals surface area contributed by atoms with Gasteiger partial charge >= 0.3 is 12.2 Å². The van der Waals surface area contributed by atoms with Gasteiger partial charge in [0.15, 0.2) is 5.82 Å². The Kier molecular flexibility index (Phi) is 5.83. The van der Waals surface area contributed by atoms with Crippen molar-refractivity contribution < 1.29 is 18.0 Å². The van der Waals surface area contributed by atoms with Crippen LogP contribution in [0.2, 0.25) is 0 Å². The molecule has 0 saturated carbocycles. The largest absolute Gasteiger partial charge is 0.433 e. The van der Waals surface area contributed by atoms with E-state index in [0.29, 0.717) is 25.9 Å². The summed E-state index contributed by atoms with van der Waals surface area (Å²) in [5.74, 6) is 0.0174. The molecule has 28 heavy (non-hydrogen) atoms. The SMILES string of the molecule is C[C@@H](N)c1ccc(CNC(=O)N2CCCC2c2nccc(C(F)(F)F)n2)cc1. The van der Waals surface area contributed by atoms with E-state index in [-0.39, 0.29) is 17.9 Å². The zero-order chi connectivity index (χ0) is 20.3. The lowest BCUT2D eigenvalue weighted by Gasteiger charge is -2.24. The number of rotatable bonds is 4. The van der Waals surface area contributed by atoms with Gasteiger partial charge in [-0.25, -0.2) is 14.8 Å². The number of aromatic nitrogens is 2. The van der Waals surface area contributed by atoms with E-state index >= 15 is 0 Å². The predicted octanol–water partition coefficient (Wildman–Crippen LogP) is 3.56. The van der Waals surface area contributed by atoms with Crippen LogP contribution in [0.1, 0.15) is 54.5 Å². The number of amides is 2. The van der Waals surface area contributed by atoms with Gasteiger partial charge in [-0.3, -0.25) is 0 Å². The lowest BCUT2D eigenvalue weighted by Crippen LogP contribution is -2.39. The van der Waals surface area contributed by atoms with E-state index in [1.807, 2.05) is 31.2 Å². The van der Waals surface area contributed by atoms with Gasteiger partial charge in [0.25, 0.3) is 0 Å². The molecule has 2 heterocycles. The lowest BCUT2D eigenvalue weighted by molar-refractivity contribution is -0.141. The van der Waals surface area contributed by atoms with E-state index in [4.69, 9.17) is 5.73 Å². The highest BCUT2D eigenvalue weighted by molar-refractivity contribution is 5.75. The molecule has 1 aliphatic heterocycles. The van der Waals surface area contributed by atoms with Gasteiger partial charge < -0.3 is 16.0 Å². The van der Waals surface area contributed by atoms with Gasteiger partial charge in [-0.2, -0.15) is 13.2 Å². The highest BCUT2D eigenvalue weighted by Gasteiger charge is 2.36. The first-order valence-electron chi connectivity index (χ1n) is 9.04. The van der Waals surface area contributed by atoms with Crippen LogP contribution in [0, 0.1) is 0 Å². The summed E-state index contributed by atoms with van der Waals surface area (Å²) in [5.41, 5.74) is 6.72. The number of alkyl halides is 3. The molecule has 1 unspecified atom stereocenters. The van der Waals surface area contributed by atoms with E-state index in [0.717, 1.165) is 23.4 Å². The molecule has 1 saturated heterocycles. The van der Waals surface area contributed by atoms with E-state index in [2.05, 4.69) is 15.3 Å². The van der Waals surface area contributed by atoms with Crippen LogP contribution >= 0.6 is 0 Å². The molecule has 9 heteroatoms. The summed E-state index contributed by atoms with van der Waals surface area (Å²) in [6, 6.07) is 7.42. The number of carbonyl (C=O) groups excluding carboxylic acids is 1. The number of urea groups is 1. The number of hydrogen-bond acceptors (Lipinski definition) is 4. The van der Waals surface area contributed by atoms with Crippen molar-refractivity contribution in [2.24, 2.45) is 5.73 Å². The first kappa shape index (κ1) is 20.1. The maximum absolute atomic E-state index is 12.9. The third kappa shape index (κ3) is 4.59. The second-order valence-corrected chi connectivity index (χ2v) is 6.84. The Morgan fingerprint density at radius 2 is 2.04 bits per heavy atom. The van der Waals surface area contributed by atoms with Crippen molar-refractivity contribution in [2.45, 2.75) is 44.6 Å². The molecular weight excluding hydrogens is 371 g/mol. The van der Waals surface area contributed by atoms with Gasteiger partial charge in [0.1, 0.15) is 5.69 Å². The highest BCUT2D eigenvalue weighted by atomic mass is 19.4. The van der Waals surface area contributed by atoms with Crippen molar-refractivity contribution in [1.82, 2.24) is 20.2 Å². The van der Waals surface area contributed by atoms with Crippen LogP contribution in [0.3, 0.4) is 0 Å².